The Kier molecular flexibility index (Phi) is 19.3. The van der Waals surface area contributed by atoms with Gasteiger partial charge in [0.25, 0.3) is 17.7 Å². The Labute approximate surface area is 400 Å². The van der Waals surface area contributed by atoms with E-state index < -0.39 is 35.8 Å². The zero-order chi connectivity index (χ0) is 48.4. The van der Waals surface area contributed by atoms with E-state index in [9.17, 15) is 33.9 Å². The van der Waals surface area contributed by atoms with E-state index in [2.05, 4.69) is 48.3 Å². The van der Waals surface area contributed by atoms with E-state index in [0.29, 0.717) is 104 Å². The van der Waals surface area contributed by atoms with Gasteiger partial charge in [0.05, 0.1) is 89.7 Å². The highest BCUT2D eigenvalue weighted by molar-refractivity contribution is 6.25. The van der Waals surface area contributed by atoms with Crippen molar-refractivity contribution in [3.63, 3.8) is 0 Å². The maximum atomic E-state index is 13.2. The van der Waals surface area contributed by atoms with Gasteiger partial charge in [0, 0.05) is 70.0 Å². The van der Waals surface area contributed by atoms with Crippen molar-refractivity contribution in [3.05, 3.63) is 82.8 Å². The lowest BCUT2D eigenvalue weighted by Gasteiger charge is -2.32. The summed E-state index contributed by atoms with van der Waals surface area (Å²) >= 11 is 0. The molecule has 3 aromatic rings. The molecule has 1 aromatic heterocycles. The van der Waals surface area contributed by atoms with Crippen molar-refractivity contribution < 1.29 is 57.6 Å². The zero-order valence-corrected chi connectivity index (χ0v) is 38.9. The fraction of sp³-hybridized carbons (Fsp3) is 0.542. The maximum absolute atomic E-state index is 13.2. The minimum Gasteiger partial charge on any atom is -0.390 e. The van der Waals surface area contributed by atoms with Crippen LogP contribution in [0.3, 0.4) is 0 Å². The molecule has 5 heterocycles. The maximum Gasteiger partial charge on any atom is 0.270 e. The van der Waals surface area contributed by atoms with E-state index >= 15 is 0 Å². The minimum absolute atomic E-state index is 0.0360. The number of hydrogen-bond donors (Lipinski definition) is 5. The second-order valence-corrected chi connectivity index (χ2v) is 17.1. The third kappa shape index (κ3) is 14.8. The molecule has 4 aliphatic heterocycles. The van der Waals surface area contributed by atoms with Crippen molar-refractivity contribution in [2.75, 3.05) is 116 Å². The number of aliphatic hydroxyl groups excluding tert-OH is 1. The van der Waals surface area contributed by atoms with E-state index in [1.54, 1.807) is 24.3 Å². The van der Waals surface area contributed by atoms with Crippen LogP contribution in [0.2, 0.25) is 0 Å². The molecule has 2 saturated heterocycles. The predicted molar refractivity (Wildman–Crippen MR) is 249 cm³/mol. The van der Waals surface area contributed by atoms with Crippen LogP contribution in [-0.4, -0.2) is 189 Å². The van der Waals surface area contributed by atoms with E-state index in [1.807, 2.05) is 17.0 Å². The molecule has 5 N–H and O–H groups in total. The molecule has 0 radical (unpaired) electrons. The molecule has 4 aliphatic rings. The monoisotopic (exact) mass is 957 g/mol. The minimum atomic E-state index is -1.02. The third-order valence-corrected chi connectivity index (χ3v) is 12.3. The first-order valence-corrected chi connectivity index (χ1v) is 23.7. The molecular formula is C48H63N9O12. The number of β-amino-alcohol motifs (C(OH)–C–C–N with tert-alkyl or cyclic N) is 1. The summed E-state index contributed by atoms with van der Waals surface area (Å²) in [5, 5.41) is 22.1. The number of benzene rings is 2. The van der Waals surface area contributed by atoms with Crippen molar-refractivity contribution in [1.29, 1.82) is 0 Å². The number of piperidine rings is 2. The largest absolute Gasteiger partial charge is 0.390 e. The highest BCUT2D eigenvalue weighted by Crippen LogP contribution is 2.32. The smallest absolute Gasteiger partial charge is 0.270 e. The molecule has 0 bridgehead atoms. The molecule has 0 spiro atoms. The van der Waals surface area contributed by atoms with E-state index in [1.165, 1.54) is 17.5 Å². The Morgan fingerprint density at radius 2 is 1.45 bits per heavy atom. The van der Waals surface area contributed by atoms with Crippen molar-refractivity contribution in [2.24, 2.45) is 0 Å². The quantitative estimate of drug-likeness (QED) is 0.0528. The number of carbonyl (C=O) groups excluding carboxylic acids is 6. The number of aliphatic hydroxyl groups is 1. The summed E-state index contributed by atoms with van der Waals surface area (Å²) in [4.78, 5) is 89.2. The number of imide groups is 2. The Hall–Kier alpha value is -5.94. The number of aromatic nitrogens is 2. The Morgan fingerprint density at radius 3 is 2.16 bits per heavy atom. The second-order valence-electron chi connectivity index (χ2n) is 17.1. The fourth-order valence-electron chi connectivity index (χ4n) is 8.64. The van der Waals surface area contributed by atoms with E-state index in [-0.39, 0.29) is 60.5 Å². The van der Waals surface area contributed by atoms with Crippen LogP contribution in [0.5, 0.6) is 0 Å². The van der Waals surface area contributed by atoms with Gasteiger partial charge in [-0.1, -0.05) is 30.3 Å². The topological polar surface area (TPSA) is 252 Å². The SMILES string of the molecule is O=C1CCC(N2C(=O)c3cccc(NCCOCCOCCOCCOCCOCCC(=O)N4CCC(Nc5cc(C(=O)NC[C@H](O)CN6CCc7ccccc7C6)ncn5)CC4)c3C2=O)C(=O)N1. The summed E-state index contributed by atoms with van der Waals surface area (Å²) in [6.45, 7) is 7.42. The lowest BCUT2D eigenvalue weighted by Crippen LogP contribution is -2.54. The number of likely N-dealkylation sites (tertiary alicyclic amines) is 1. The molecule has 0 aliphatic carbocycles. The summed E-state index contributed by atoms with van der Waals surface area (Å²) in [6.07, 6.45) is 3.46. The molecule has 372 valence electrons. The Balaban J connectivity index is 0.641. The second kappa shape index (κ2) is 26.2. The lowest BCUT2D eigenvalue weighted by atomic mass is 10.00. The first-order valence-electron chi connectivity index (χ1n) is 23.7. The van der Waals surface area contributed by atoms with Crippen LogP contribution in [0, 0.1) is 0 Å². The number of nitrogens with zero attached hydrogens (tertiary/aromatic N) is 5. The van der Waals surface area contributed by atoms with Gasteiger partial charge < -0.3 is 49.6 Å². The van der Waals surface area contributed by atoms with Gasteiger partial charge in [0.2, 0.25) is 17.7 Å². The normalized spacial score (nSPS) is 17.9. The summed E-state index contributed by atoms with van der Waals surface area (Å²) in [7, 11) is 0. The third-order valence-electron chi connectivity index (χ3n) is 12.3. The summed E-state index contributed by atoms with van der Waals surface area (Å²) in [5.41, 5.74) is 3.70. The van der Waals surface area contributed by atoms with Gasteiger partial charge in [-0.15, -0.1) is 0 Å². The van der Waals surface area contributed by atoms with Crippen LogP contribution in [-0.2, 0) is 51.0 Å². The average molecular weight is 958 g/mol. The van der Waals surface area contributed by atoms with Crippen LogP contribution in [0.15, 0.2) is 54.9 Å². The lowest BCUT2D eigenvalue weighted by molar-refractivity contribution is -0.136. The average Bonchev–Trinajstić information content (AvgIpc) is 3.61. The van der Waals surface area contributed by atoms with Gasteiger partial charge >= 0.3 is 0 Å². The van der Waals surface area contributed by atoms with E-state index in [0.717, 1.165) is 37.3 Å². The molecule has 6 amide bonds. The number of rotatable bonds is 27. The number of carbonyl (C=O) groups is 6. The predicted octanol–water partition coefficient (Wildman–Crippen LogP) is 1.01. The van der Waals surface area contributed by atoms with Crippen molar-refractivity contribution in [3.8, 4) is 0 Å². The highest BCUT2D eigenvalue weighted by atomic mass is 16.6. The van der Waals surface area contributed by atoms with Gasteiger partial charge in [0.15, 0.2) is 0 Å². The van der Waals surface area contributed by atoms with Crippen LogP contribution >= 0.6 is 0 Å². The number of amides is 6. The summed E-state index contributed by atoms with van der Waals surface area (Å²) < 4.78 is 27.9. The molecule has 69 heavy (non-hydrogen) atoms. The summed E-state index contributed by atoms with van der Waals surface area (Å²) in [5.74, 6) is -2.02. The van der Waals surface area contributed by atoms with Crippen LogP contribution in [0.4, 0.5) is 11.5 Å². The van der Waals surface area contributed by atoms with Gasteiger partial charge in [-0.3, -0.25) is 43.9 Å². The molecule has 21 heteroatoms. The number of hydrogen-bond acceptors (Lipinski definition) is 17. The number of anilines is 2. The molecule has 2 aromatic carbocycles. The van der Waals surface area contributed by atoms with E-state index in [4.69, 9.17) is 23.7 Å². The number of ether oxygens (including phenoxy) is 5. The number of nitrogens with one attached hydrogen (secondary N) is 4. The Morgan fingerprint density at radius 1 is 0.768 bits per heavy atom. The number of fused-ring (bicyclic) bond motifs is 2. The highest BCUT2D eigenvalue weighted by Gasteiger charge is 2.45. The molecule has 7 rings (SSSR count). The Bertz CT molecular complexity index is 2240. The van der Waals surface area contributed by atoms with Crippen LogP contribution < -0.4 is 21.3 Å². The van der Waals surface area contributed by atoms with Crippen LogP contribution in [0.1, 0.15) is 74.4 Å². The molecular weight excluding hydrogens is 895 g/mol. The molecule has 0 saturated carbocycles. The van der Waals surface area contributed by atoms with Crippen molar-refractivity contribution in [2.45, 2.75) is 63.3 Å². The van der Waals surface area contributed by atoms with Gasteiger partial charge in [-0.25, -0.2) is 9.97 Å². The van der Waals surface area contributed by atoms with Gasteiger partial charge in [-0.05, 0) is 48.9 Å². The molecule has 2 fully saturated rings. The molecule has 1 unspecified atom stereocenters. The zero-order valence-electron chi connectivity index (χ0n) is 38.9. The molecule has 2 atom stereocenters. The van der Waals surface area contributed by atoms with Gasteiger partial charge in [-0.2, -0.15) is 0 Å². The van der Waals surface area contributed by atoms with Crippen molar-refractivity contribution >= 4 is 46.9 Å². The fourth-order valence-corrected chi connectivity index (χ4v) is 8.64. The first kappa shape index (κ1) is 50.9. The standard InChI is InChI=1S/C48H63N9O12/c58-36(31-55-15-10-33-4-1-2-5-34(33)30-55)29-50-45(61)39-28-41(52-32-51-39)53-35-11-16-56(17-12-35)43(60)13-18-65-20-22-67-24-26-69-27-25-68-23-21-66-19-14-49-38-7-3-6-37-44(38)48(64)57(47(37)63)40-8-9-42(59)54-46(40)62/h1-7,28,32,35-36,40,49,58H,8-27,29-31H2,(H,50,61)(H,51,52,53)(H,54,59,62)/t36-,40?/m0/s1. The molecule has 21 nitrogen and oxygen atoms in total. The first-order chi connectivity index (χ1) is 33.6. The van der Waals surface area contributed by atoms with Gasteiger partial charge in [0.1, 0.15) is 23.9 Å². The van der Waals surface area contributed by atoms with Crippen LogP contribution in [0.25, 0.3) is 0 Å². The van der Waals surface area contributed by atoms with Crippen molar-refractivity contribution in [1.82, 2.24) is 35.3 Å². The summed E-state index contributed by atoms with van der Waals surface area (Å²) in [6, 6.07) is 13.9.